The van der Waals surface area contributed by atoms with Gasteiger partial charge in [-0.05, 0) is 43.3 Å². The number of methoxy groups -OCH3 is 1. The topological polar surface area (TPSA) is 88.8 Å². The number of hydrogen-bond acceptors (Lipinski definition) is 4. The van der Waals surface area contributed by atoms with Crippen molar-refractivity contribution in [3.63, 3.8) is 0 Å². The molecule has 0 aliphatic carbocycles. The molecule has 2 N–H and O–H groups in total. The summed E-state index contributed by atoms with van der Waals surface area (Å²) < 4.78 is 23.1. The second-order valence-electron chi connectivity index (χ2n) is 5.20. The van der Waals surface area contributed by atoms with E-state index in [1.165, 1.54) is 44.4 Å². The fraction of sp³-hybridized carbons (Fsp3) is 0.250. The van der Waals surface area contributed by atoms with E-state index in [0.717, 1.165) is 0 Å². The SMILES string of the molecule is COCC(C)(NC(=O)c1ccc(-c2ccc(F)cc2)o1)C(=O)O. The molecule has 2 aromatic rings. The molecule has 1 unspecified atom stereocenters. The van der Waals surface area contributed by atoms with Crippen LogP contribution in [0.5, 0.6) is 0 Å². The van der Waals surface area contributed by atoms with Crippen molar-refractivity contribution in [2.24, 2.45) is 0 Å². The fourth-order valence-corrected chi connectivity index (χ4v) is 1.98. The molecule has 1 aromatic carbocycles. The zero-order valence-electron chi connectivity index (χ0n) is 12.6. The van der Waals surface area contributed by atoms with E-state index in [1.54, 1.807) is 6.07 Å². The number of furan rings is 1. The number of aliphatic carboxylic acids is 1. The molecule has 0 fully saturated rings. The summed E-state index contributed by atoms with van der Waals surface area (Å²) in [5.74, 6) is -1.96. The summed E-state index contributed by atoms with van der Waals surface area (Å²) >= 11 is 0. The first kappa shape index (κ1) is 16.7. The van der Waals surface area contributed by atoms with Crippen molar-refractivity contribution >= 4 is 11.9 Å². The van der Waals surface area contributed by atoms with Gasteiger partial charge in [-0.1, -0.05) is 0 Å². The van der Waals surface area contributed by atoms with Crippen LogP contribution >= 0.6 is 0 Å². The highest BCUT2D eigenvalue weighted by molar-refractivity contribution is 5.96. The van der Waals surface area contributed by atoms with Crippen LogP contribution in [0.3, 0.4) is 0 Å². The van der Waals surface area contributed by atoms with Crippen molar-refractivity contribution in [3.05, 3.63) is 48.0 Å². The zero-order valence-corrected chi connectivity index (χ0v) is 12.6. The Morgan fingerprint density at radius 1 is 1.26 bits per heavy atom. The lowest BCUT2D eigenvalue weighted by atomic mass is 10.0. The molecule has 1 atom stereocenters. The minimum Gasteiger partial charge on any atom is -0.479 e. The molecule has 0 radical (unpaired) electrons. The lowest BCUT2D eigenvalue weighted by molar-refractivity contribution is -0.145. The van der Waals surface area contributed by atoms with E-state index in [-0.39, 0.29) is 18.2 Å². The highest BCUT2D eigenvalue weighted by Gasteiger charge is 2.36. The van der Waals surface area contributed by atoms with Crippen LogP contribution in [0.25, 0.3) is 11.3 Å². The van der Waals surface area contributed by atoms with Crippen LogP contribution in [0, 0.1) is 5.82 Å². The standard InChI is InChI=1S/C16H16FNO5/c1-16(9-22-2,15(20)21)18-14(19)13-8-7-12(23-13)10-3-5-11(17)6-4-10/h3-8H,9H2,1-2H3,(H,18,19)(H,20,21). The number of benzene rings is 1. The van der Waals surface area contributed by atoms with E-state index in [0.29, 0.717) is 11.3 Å². The first-order valence-electron chi connectivity index (χ1n) is 6.76. The number of carboxylic acids is 1. The Morgan fingerprint density at radius 3 is 2.48 bits per heavy atom. The molecular formula is C16H16FNO5. The van der Waals surface area contributed by atoms with Crippen molar-refractivity contribution in [1.82, 2.24) is 5.32 Å². The maximum absolute atomic E-state index is 12.9. The van der Waals surface area contributed by atoms with Crippen LogP contribution < -0.4 is 5.32 Å². The zero-order chi connectivity index (χ0) is 17.0. The Labute approximate surface area is 131 Å². The summed E-state index contributed by atoms with van der Waals surface area (Å²) in [5.41, 5.74) is -0.974. The van der Waals surface area contributed by atoms with E-state index in [2.05, 4.69) is 5.32 Å². The van der Waals surface area contributed by atoms with Gasteiger partial charge in [0.1, 0.15) is 11.6 Å². The maximum Gasteiger partial charge on any atom is 0.331 e. The van der Waals surface area contributed by atoms with Gasteiger partial charge in [-0.3, -0.25) is 4.79 Å². The first-order chi connectivity index (χ1) is 10.9. The number of halogens is 1. The molecule has 1 aromatic heterocycles. The van der Waals surface area contributed by atoms with Gasteiger partial charge in [0.2, 0.25) is 0 Å². The normalized spacial score (nSPS) is 13.3. The molecule has 0 bridgehead atoms. The van der Waals surface area contributed by atoms with Gasteiger partial charge in [-0.15, -0.1) is 0 Å². The summed E-state index contributed by atoms with van der Waals surface area (Å²) in [4.78, 5) is 23.4. The highest BCUT2D eigenvalue weighted by Crippen LogP contribution is 2.22. The summed E-state index contributed by atoms with van der Waals surface area (Å²) in [6, 6.07) is 8.55. The van der Waals surface area contributed by atoms with Crippen molar-refractivity contribution in [2.45, 2.75) is 12.5 Å². The number of carbonyl (C=O) groups excluding carboxylic acids is 1. The van der Waals surface area contributed by atoms with Crippen molar-refractivity contribution in [3.8, 4) is 11.3 Å². The molecule has 7 heteroatoms. The van der Waals surface area contributed by atoms with Crippen molar-refractivity contribution < 1.29 is 28.2 Å². The van der Waals surface area contributed by atoms with Crippen molar-refractivity contribution in [2.75, 3.05) is 13.7 Å². The highest BCUT2D eigenvalue weighted by atomic mass is 19.1. The van der Waals surface area contributed by atoms with E-state index >= 15 is 0 Å². The third kappa shape index (κ3) is 3.75. The van der Waals surface area contributed by atoms with E-state index in [4.69, 9.17) is 9.15 Å². The molecule has 0 aliphatic heterocycles. The summed E-state index contributed by atoms with van der Waals surface area (Å²) in [7, 11) is 1.34. The minimum absolute atomic E-state index is 0.0482. The molecule has 122 valence electrons. The van der Waals surface area contributed by atoms with Gasteiger partial charge in [0.25, 0.3) is 5.91 Å². The largest absolute Gasteiger partial charge is 0.479 e. The Balaban J connectivity index is 2.18. The Morgan fingerprint density at radius 2 is 1.91 bits per heavy atom. The monoisotopic (exact) mass is 321 g/mol. The molecule has 1 amide bonds. The van der Waals surface area contributed by atoms with Gasteiger partial charge in [0.05, 0.1) is 6.61 Å². The minimum atomic E-state index is -1.57. The van der Waals surface area contributed by atoms with Crippen LogP contribution in [0.15, 0.2) is 40.8 Å². The number of amides is 1. The second kappa shape index (κ2) is 6.62. The second-order valence-corrected chi connectivity index (χ2v) is 5.20. The third-order valence-corrected chi connectivity index (χ3v) is 3.25. The lowest BCUT2D eigenvalue weighted by Gasteiger charge is -2.24. The molecule has 2 rings (SSSR count). The van der Waals surface area contributed by atoms with Crippen LogP contribution in [0.2, 0.25) is 0 Å². The van der Waals surface area contributed by atoms with Crippen LogP contribution in [-0.2, 0) is 9.53 Å². The average molecular weight is 321 g/mol. The van der Waals surface area contributed by atoms with Crippen LogP contribution in [0.1, 0.15) is 17.5 Å². The quantitative estimate of drug-likeness (QED) is 0.852. The number of carbonyl (C=O) groups is 2. The lowest BCUT2D eigenvalue weighted by Crippen LogP contribution is -2.55. The molecule has 0 spiro atoms. The summed E-state index contributed by atoms with van der Waals surface area (Å²) in [6.07, 6.45) is 0. The van der Waals surface area contributed by atoms with Gasteiger partial charge in [0, 0.05) is 12.7 Å². The Bertz CT molecular complexity index is 710. The maximum atomic E-state index is 12.9. The summed E-state index contributed by atoms with van der Waals surface area (Å²) in [5, 5.41) is 11.6. The molecule has 1 heterocycles. The molecule has 23 heavy (non-hydrogen) atoms. The third-order valence-electron chi connectivity index (χ3n) is 3.25. The predicted molar refractivity (Wildman–Crippen MR) is 79.5 cm³/mol. The van der Waals surface area contributed by atoms with Gasteiger partial charge in [-0.2, -0.15) is 0 Å². The average Bonchev–Trinajstić information content (AvgIpc) is 2.98. The number of ether oxygens (including phenoxy) is 1. The fourth-order valence-electron chi connectivity index (χ4n) is 1.98. The van der Waals surface area contributed by atoms with Gasteiger partial charge in [-0.25, -0.2) is 9.18 Å². The number of nitrogens with one attached hydrogen (secondary N) is 1. The molecule has 0 aliphatic rings. The van der Waals surface area contributed by atoms with E-state index in [1.807, 2.05) is 0 Å². The van der Waals surface area contributed by atoms with E-state index in [9.17, 15) is 19.1 Å². The molecular weight excluding hydrogens is 305 g/mol. The number of carboxylic acid groups (broad SMARTS) is 1. The molecule has 0 saturated heterocycles. The smallest absolute Gasteiger partial charge is 0.331 e. The first-order valence-corrected chi connectivity index (χ1v) is 6.76. The van der Waals surface area contributed by atoms with E-state index < -0.39 is 17.4 Å². The van der Waals surface area contributed by atoms with Gasteiger partial charge < -0.3 is 19.6 Å². The molecule has 0 saturated carbocycles. The number of hydrogen-bond donors (Lipinski definition) is 2. The van der Waals surface area contributed by atoms with Crippen molar-refractivity contribution in [1.29, 1.82) is 0 Å². The van der Waals surface area contributed by atoms with Crippen LogP contribution in [0.4, 0.5) is 4.39 Å². The molecule has 6 nitrogen and oxygen atoms in total. The van der Waals surface area contributed by atoms with Gasteiger partial charge >= 0.3 is 5.97 Å². The summed E-state index contributed by atoms with van der Waals surface area (Å²) in [6.45, 7) is 1.14. The van der Waals surface area contributed by atoms with Crippen LogP contribution in [-0.4, -0.2) is 36.2 Å². The number of rotatable bonds is 6. The Hall–Kier alpha value is -2.67. The van der Waals surface area contributed by atoms with Gasteiger partial charge in [0.15, 0.2) is 11.3 Å². The predicted octanol–water partition coefficient (Wildman–Crippen LogP) is 2.31. The Kier molecular flexibility index (Phi) is 4.80.